The lowest BCUT2D eigenvalue weighted by Gasteiger charge is -2.16. The number of benzene rings is 1. The number of carbonyl (C=O) groups excluding carboxylic acids is 2. The van der Waals surface area contributed by atoms with Crippen molar-refractivity contribution in [3.8, 4) is 0 Å². The number of hydrogen-bond donors (Lipinski definition) is 0. The maximum atomic E-state index is 12.7. The van der Waals surface area contributed by atoms with Gasteiger partial charge in [-0.2, -0.15) is 21.6 Å². The molecule has 0 aromatic heterocycles. The average Bonchev–Trinajstić information content (AvgIpc) is 2.54. The first-order valence-electron chi connectivity index (χ1n) is 7.19. The largest absolute Gasteiger partial charge is 0.534 e. The Morgan fingerprint density at radius 3 is 1.81 bits per heavy atom. The fourth-order valence-corrected chi connectivity index (χ4v) is 2.15. The summed E-state index contributed by atoms with van der Waals surface area (Å²) in [5, 5.41) is 0. The standard InChI is InChI=1S/C15H15F3O7S/c1-3-23-13(19)11(14(20)24-4-2)12(10-8-6-5-7-9-10)25-26(21,22)15(16,17)18/h5-9H,3-4H2,1-2H3. The number of alkyl halides is 3. The van der Waals surface area contributed by atoms with Crippen molar-refractivity contribution in [3.05, 3.63) is 41.5 Å². The first kappa shape index (κ1) is 21.5. The first-order valence-corrected chi connectivity index (χ1v) is 8.60. The molecule has 11 heteroatoms. The Kier molecular flexibility index (Phi) is 7.19. The van der Waals surface area contributed by atoms with Crippen LogP contribution in [0.2, 0.25) is 0 Å². The van der Waals surface area contributed by atoms with Gasteiger partial charge in [-0.15, -0.1) is 0 Å². The van der Waals surface area contributed by atoms with Gasteiger partial charge in [0.15, 0.2) is 11.3 Å². The van der Waals surface area contributed by atoms with Crippen molar-refractivity contribution >= 4 is 27.8 Å². The molecule has 0 spiro atoms. The topological polar surface area (TPSA) is 96.0 Å². The van der Waals surface area contributed by atoms with Crippen LogP contribution in [-0.4, -0.2) is 39.1 Å². The van der Waals surface area contributed by atoms with Crippen LogP contribution in [-0.2, 0) is 33.4 Å². The molecular formula is C15H15F3O7S. The van der Waals surface area contributed by atoms with Crippen LogP contribution < -0.4 is 0 Å². The van der Waals surface area contributed by atoms with E-state index in [-0.39, 0.29) is 18.8 Å². The highest BCUT2D eigenvalue weighted by atomic mass is 32.2. The molecule has 1 aromatic rings. The molecule has 0 aliphatic carbocycles. The minimum absolute atomic E-state index is 0.226. The summed E-state index contributed by atoms with van der Waals surface area (Å²) >= 11 is 0. The number of rotatable bonds is 7. The molecule has 0 amide bonds. The van der Waals surface area contributed by atoms with Crippen LogP contribution in [0.4, 0.5) is 13.2 Å². The Morgan fingerprint density at radius 1 is 0.962 bits per heavy atom. The van der Waals surface area contributed by atoms with E-state index in [0.29, 0.717) is 0 Å². The molecule has 0 N–H and O–H groups in total. The van der Waals surface area contributed by atoms with E-state index in [9.17, 15) is 31.2 Å². The summed E-state index contributed by atoms with van der Waals surface area (Å²) in [5.41, 5.74) is -7.15. The summed E-state index contributed by atoms with van der Waals surface area (Å²) in [7, 11) is -6.16. The number of carbonyl (C=O) groups is 2. The molecule has 0 saturated carbocycles. The van der Waals surface area contributed by atoms with E-state index in [1.165, 1.54) is 32.0 Å². The second-order valence-electron chi connectivity index (χ2n) is 4.49. The second kappa shape index (κ2) is 8.70. The molecule has 0 aliphatic heterocycles. The van der Waals surface area contributed by atoms with E-state index in [1.807, 2.05) is 0 Å². The lowest BCUT2D eigenvalue weighted by Crippen LogP contribution is -2.27. The molecule has 0 unspecified atom stereocenters. The number of esters is 2. The van der Waals surface area contributed by atoms with Crippen LogP contribution in [0, 0.1) is 0 Å². The van der Waals surface area contributed by atoms with E-state index < -0.39 is 38.9 Å². The Hall–Kier alpha value is -2.56. The quantitative estimate of drug-likeness (QED) is 0.133. The summed E-state index contributed by atoms with van der Waals surface area (Å²) < 4.78 is 74.3. The van der Waals surface area contributed by atoms with Gasteiger partial charge in [-0.1, -0.05) is 30.3 Å². The molecular weight excluding hydrogens is 381 g/mol. The molecule has 0 bridgehead atoms. The van der Waals surface area contributed by atoms with Crippen molar-refractivity contribution in [1.29, 1.82) is 0 Å². The van der Waals surface area contributed by atoms with E-state index >= 15 is 0 Å². The van der Waals surface area contributed by atoms with Crippen molar-refractivity contribution in [3.63, 3.8) is 0 Å². The maximum absolute atomic E-state index is 12.7. The smallest absolute Gasteiger partial charge is 0.462 e. The third kappa shape index (κ3) is 5.22. The molecule has 7 nitrogen and oxygen atoms in total. The molecule has 1 aromatic carbocycles. The summed E-state index contributed by atoms with van der Waals surface area (Å²) in [5.74, 6) is -3.91. The predicted molar refractivity (Wildman–Crippen MR) is 82.7 cm³/mol. The van der Waals surface area contributed by atoms with Gasteiger partial charge < -0.3 is 13.7 Å². The Morgan fingerprint density at radius 2 is 1.42 bits per heavy atom. The third-order valence-electron chi connectivity index (χ3n) is 2.70. The van der Waals surface area contributed by atoms with Crippen molar-refractivity contribution in [2.24, 2.45) is 0 Å². The highest BCUT2D eigenvalue weighted by Gasteiger charge is 2.50. The number of hydrogen-bond acceptors (Lipinski definition) is 7. The maximum Gasteiger partial charge on any atom is 0.534 e. The molecule has 26 heavy (non-hydrogen) atoms. The zero-order valence-corrected chi connectivity index (χ0v) is 14.5. The summed E-state index contributed by atoms with van der Waals surface area (Å²) in [4.78, 5) is 24.1. The van der Waals surface area contributed by atoms with Crippen molar-refractivity contribution in [1.82, 2.24) is 0 Å². The predicted octanol–water partition coefficient (Wildman–Crippen LogP) is 2.39. The minimum Gasteiger partial charge on any atom is -0.462 e. The molecule has 0 heterocycles. The SMILES string of the molecule is CCOC(=O)C(C(=O)OCC)=C(OS(=O)(=O)C(F)(F)F)c1ccccc1. The Balaban J connectivity index is 3.68. The van der Waals surface area contributed by atoms with Crippen LogP contribution in [0.1, 0.15) is 19.4 Å². The average molecular weight is 396 g/mol. The zero-order chi connectivity index (χ0) is 20.0. The summed E-state index contributed by atoms with van der Waals surface area (Å²) in [6.07, 6.45) is 0. The lowest BCUT2D eigenvalue weighted by molar-refractivity contribution is -0.146. The molecule has 0 atom stereocenters. The van der Waals surface area contributed by atoms with Gasteiger partial charge in [0.05, 0.1) is 13.2 Å². The molecule has 144 valence electrons. The third-order valence-corrected chi connectivity index (χ3v) is 3.65. The fraction of sp³-hybridized carbons (Fsp3) is 0.333. The zero-order valence-electron chi connectivity index (χ0n) is 13.7. The van der Waals surface area contributed by atoms with E-state index in [0.717, 1.165) is 12.1 Å². The van der Waals surface area contributed by atoms with E-state index in [4.69, 9.17) is 0 Å². The molecule has 1 rings (SSSR count). The molecule has 0 aliphatic rings. The monoisotopic (exact) mass is 396 g/mol. The van der Waals surface area contributed by atoms with Crippen molar-refractivity contribution in [2.75, 3.05) is 13.2 Å². The fourth-order valence-electron chi connectivity index (χ4n) is 1.66. The van der Waals surface area contributed by atoms with Crippen LogP contribution in [0.5, 0.6) is 0 Å². The Bertz CT molecular complexity index is 763. The van der Waals surface area contributed by atoms with Crippen LogP contribution >= 0.6 is 0 Å². The normalized spacial score (nSPS) is 11.4. The molecule has 0 fully saturated rings. The molecule has 0 saturated heterocycles. The minimum atomic E-state index is -6.16. The van der Waals surface area contributed by atoms with Crippen molar-refractivity contribution < 1.29 is 44.8 Å². The number of ether oxygens (including phenoxy) is 2. The van der Waals surface area contributed by atoms with Crippen molar-refractivity contribution in [2.45, 2.75) is 19.4 Å². The van der Waals surface area contributed by atoms with Gasteiger partial charge in [0.2, 0.25) is 0 Å². The second-order valence-corrected chi connectivity index (χ2v) is 6.03. The highest BCUT2D eigenvalue weighted by Crippen LogP contribution is 2.32. The van der Waals surface area contributed by atoms with E-state index in [1.54, 1.807) is 0 Å². The summed E-state index contributed by atoms with van der Waals surface area (Å²) in [6, 6.07) is 6.47. The van der Waals surface area contributed by atoms with E-state index in [2.05, 4.69) is 13.7 Å². The van der Waals surface area contributed by atoms with Crippen LogP contribution in [0.25, 0.3) is 5.76 Å². The van der Waals surface area contributed by atoms with Gasteiger partial charge in [-0.05, 0) is 13.8 Å². The lowest BCUT2D eigenvalue weighted by atomic mass is 10.1. The van der Waals surface area contributed by atoms with Gasteiger partial charge >= 0.3 is 27.6 Å². The van der Waals surface area contributed by atoms with Gasteiger partial charge in [0.1, 0.15) is 0 Å². The van der Waals surface area contributed by atoms with Crippen LogP contribution in [0.3, 0.4) is 0 Å². The van der Waals surface area contributed by atoms with Crippen LogP contribution in [0.15, 0.2) is 35.9 Å². The number of halogens is 3. The van der Waals surface area contributed by atoms with Gasteiger partial charge in [0, 0.05) is 5.56 Å². The Labute approximate surface area is 147 Å². The van der Waals surface area contributed by atoms with Gasteiger partial charge in [-0.3, -0.25) is 0 Å². The first-order chi connectivity index (χ1) is 12.0. The summed E-state index contributed by atoms with van der Waals surface area (Å²) in [6.45, 7) is 2.32. The van der Waals surface area contributed by atoms with Gasteiger partial charge in [0.25, 0.3) is 0 Å². The van der Waals surface area contributed by atoms with Gasteiger partial charge in [-0.25, -0.2) is 9.59 Å². The highest BCUT2D eigenvalue weighted by molar-refractivity contribution is 7.87. The molecule has 0 radical (unpaired) electrons.